The van der Waals surface area contributed by atoms with Gasteiger partial charge in [-0.25, -0.2) is 17.9 Å². The quantitative estimate of drug-likeness (QED) is 0.778. The van der Waals surface area contributed by atoms with Gasteiger partial charge in [-0.05, 0) is 25.7 Å². The SMILES string of the molecule is CC(CCC(C)S(N)(=O)=O)C(F)Br. The topological polar surface area (TPSA) is 60.2 Å². The monoisotopic (exact) mass is 275 g/mol. The molecule has 0 radical (unpaired) electrons. The summed E-state index contributed by atoms with van der Waals surface area (Å²) in [6.07, 6.45) is 0.899. The molecule has 0 aliphatic carbocycles. The van der Waals surface area contributed by atoms with Crippen molar-refractivity contribution in [1.82, 2.24) is 0 Å². The molecule has 2 N–H and O–H groups in total. The summed E-state index contributed by atoms with van der Waals surface area (Å²) in [6.45, 7) is 3.25. The summed E-state index contributed by atoms with van der Waals surface area (Å²) >= 11 is 2.79. The third kappa shape index (κ3) is 5.59. The van der Waals surface area contributed by atoms with E-state index < -0.39 is 20.4 Å². The maximum Gasteiger partial charge on any atom is 0.211 e. The molecule has 0 heterocycles. The van der Waals surface area contributed by atoms with Gasteiger partial charge in [-0.3, -0.25) is 0 Å². The van der Waals surface area contributed by atoms with Crippen LogP contribution in [0.1, 0.15) is 26.7 Å². The van der Waals surface area contributed by atoms with Gasteiger partial charge in [0, 0.05) is 0 Å². The summed E-state index contributed by atoms with van der Waals surface area (Å²) in [5, 5.41) is 3.23. The third-order valence-electron chi connectivity index (χ3n) is 2.02. The number of nitrogens with two attached hydrogens (primary N) is 1. The molecule has 0 spiro atoms. The lowest BCUT2D eigenvalue weighted by atomic mass is 10.1. The van der Waals surface area contributed by atoms with Crippen LogP contribution in [0.3, 0.4) is 0 Å². The minimum Gasteiger partial charge on any atom is -0.235 e. The van der Waals surface area contributed by atoms with E-state index in [-0.39, 0.29) is 5.92 Å². The van der Waals surface area contributed by atoms with Crippen LogP contribution in [0.15, 0.2) is 0 Å². The van der Waals surface area contributed by atoms with Gasteiger partial charge < -0.3 is 0 Å². The Morgan fingerprint density at radius 2 is 1.85 bits per heavy atom. The minimum atomic E-state index is -3.46. The van der Waals surface area contributed by atoms with E-state index in [2.05, 4.69) is 15.9 Å². The molecule has 0 bridgehead atoms. The number of primary sulfonamides is 1. The lowest BCUT2D eigenvalue weighted by Gasteiger charge is -2.13. The zero-order valence-corrected chi connectivity index (χ0v) is 10.1. The van der Waals surface area contributed by atoms with Crippen molar-refractivity contribution in [3.8, 4) is 0 Å². The zero-order valence-electron chi connectivity index (χ0n) is 7.70. The Kier molecular flexibility index (Phi) is 5.39. The van der Waals surface area contributed by atoms with Gasteiger partial charge in [0.15, 0.2) is 5.08 Å². The van der Waals surface area contributed by atoms with Crippen LogP contribution in [0.2, 0.25) is 0 Å². The molecule has 0 saturated heterocycles. The molecular formula is C7H15BrFNO2S. The molecule has 0 aromatic heterocycles. The first-order valence-electron chi connectivity index (χ1n) is 4.05. The number of sulfonamides is 1. The molecule has 3 atom stereocenters. The fraction of sp³-hybridized carbons (Fsp3) is 1.00. The number of rotatable bonds is 5. The Labute approximate surface area is 87.1 Å². The minimum absolute atomic E-state index is 0.191. The Hall–Kier alpha value is 0.320. The molecule has 3 nitrogen and oxygen atoms in total. The summed E-state index contributed by atoms with van der Waals surface area (Å²) in [6, 6.07) is 0. The van der Waals surface area contributed by atoms with Gasteiger partial charge in [0.2, 0.25) is 10.0 Å². The molecule has 0 aliphatic rings. The summed E-state index contributed by atoms with van der Waals surface area (Å²) in [5.41, 5.74) is 0. The Balaban J connectivity index is 3.91. The van der Waals surface area contributed by atoms with Crippen LogP contribution in [0.4, 0.5) is 4.39 Å². The number of alkyl halides is 2. The van der Waals surface area contributed by atoms with E-state index in [1.807, 2.05) is 0 Å². The number of hydrogen-bond acceptors (Lipinski definition) is 2. The van der Waals surface area contributed by atoms with Crippen molar-refractivity contribution in [2.45, 2.75) is 37.0 Å². The van der Waals surface area contributed by atoms with E-state index >= 15 is 0 Å². The normalized spacial score (nSPS) is 19.5. The van der Waals surface area contributed by atoms with Crippen LogP contribution < -0.4 is 5.14 Å². The molecule has 6 heteroatoms. The lowest BCUT2D eigenvalue weighted by Crippen LogP contribution is -2.26. The van der Waals surface area contributed by atoms with Gasteiger partial charge in [-0.2, -0.15) is 0 Å². The average Bonchev–Trinajstić information content (AvgIpc) is 1.97. The number of hydrogen-bond donors (Lipinski definition) is 1. The van der Waals surface area contributed by atoms with Crippen LogP contribution in [-0.4, -0.2) is 18.7 Å². The molecule has 0 fully saturated rings. The van der Waals surface area contributed by atoms with Crippen molar-refractivity contribution >= 4 is 26.0 Å². The first kappa shape index (κ1) is 13.3. The fourth-order valence-corrected chi connectivity index (χ4v) is 1.52. The predicted molar refractivity (Wildman–Crippen MR) is 54.8 cm³/mol. The van der Waals surface area contributed by atoms with Crippen molar-refractivity contribution in [1.29, 1.82) is 0 Å². The highest BCUT2D eigenvalue weighted by Crippen LogP contribution is 2.20. The van der Waals surface area contributed by atoms with Gasteiger partial charge in [-0.1, -0.05) is 22.9 Å². The molecule has 13 heavy (non-hydrogen) atoms. The molecular weight excluding hydrogens is 261 g/mol. The second-order valence-electron chi connectivity index (χ2n) is 3.29. The van der Waals surface area contributed by atoms with Crippen molar-refractivity contribution in [3.63, 3.8) is 0 Å². The highest BCUT2D eigenvalue weighted by Gasteiger charge is 2.19. The summed E-state index contributed by atoms with van der Waals surface area (Å²) in [5.74, 6) is -0.191. The second-order valence-corrected chi connectivity index (χ2v) is 6.15. The van der Waals surface area contributed by atoms with Crippen LogP contribution >= 0.6 is 15.9 Å². The first-order chi connectivity index (χ1) is 5.75. The third-order valence-corrected chi connectivity index (χ3v) is 4.28. The molecule has 0 amide bonds. The van der Waals surface area contributed by atoms with Crippen LogP contribution in [-0.2, 0) is 10.0 Å². The van der Waals surface area contributed by atoms with Crippen molar-refractivity contribution in [3.05, 3.63) is 0 Å². The number of halogens is 2. The van der Waals surface area contributed by atoms with Crippen molar-refractivity contribution in [2.24, 2.45) is 11.1 Å². The maximum atomic E-state index is 12.6. The van der Waals surface area contributed by atoms with E-state index in [4.69, 9.17) is 5.14 Å². The van der Waals surface area contributed by atoms with Crippen LogP contribution in [0, 0.1) is 5.92 Å². The Morgan fingerprint density at radius 3 is 2.15 bits per heavy atom. The van der Waals surface area contributed by atoms with E-state index in [0.717, 1.165) is 0 Å². The van der Waals surface area contributed by atoms with E-state index in [1.165, 1.54) is 6.92 Å². The highest BCUT2D eigenvalue weighted by atomic mass is 79.9. The Bertz CT molecular complexity index is 243. The smallest absolute Gasteiger partial charge is 0.211 e. The van der Waals surface area contributed by atoms with E-state index in [1.54, 1.807) is 6.92 Å². The summed E-state index contributed by atoms with van der Waals surface area (Å²) in [7, 11) is -3.46. The summed E-state index contributed by atoms with van der Waals surface area (Å²) in [4.78, 5) is 0. The standard InChI is InChI=1S/C7H15BrFNO2S/c1-5(7(8)9)3-4-6(2)13(10,11)12/h5-7H,3-4H2,1-2H3,(H2,10,11,12). The molecule has 0 aromatic rings. The molecule has 3 unspecified atom stereocenters. The van der Waals surface area contributed by atoms with Gasteiger partial charge in [0.05, 0.1) is 5.25 Å². The lowest BCUT2D eigenvalue weighted by molar-refractivity contribution is 0.329. The van der Waals surface area contributed by atoms with Crippen molar-refractivity contribution in [2.75, 3.05) is 0 Å². The molecule has 0 aromatic carbocycles. The fourth-order valence-electron chi connectivity index (χ4n) is 0.788. The van der Waals surface area contributed by atoms with Gasteiger partial charge in [0.1, 0.15) is 0 Å². The first-order valence-corrected chi connectivity index (χ1v) is 6.57. The van der Waals surface area contributed by atoms with E-state index in [9.17, 15) is 12.8 Å². The van der Waals surface area contributed by atoms with Gasteiger partial charge >= 0.3 is 0 Å². The van der Waals surface area contributed by atoms with Gasteiger partial charge in [0.25, 0.3) is 0 Å². The van der Waals surface area contributed by atoms with E-state index in [0.29, 0.717) is 12.8 Å². The Morgan fingerprint density at radius 1 is 1.38 bits per heavy atom. The highest BCUT2D eigenvalue weighted by molar-refractivity contribution is 9.09. The predicted octanol–water partition coefficient (Wildman–Crippen LogP) is 1.77. The van der Waals surface area contributed by atoms with Crippen LogP contribution in [0.25, 0.3) is 0 Å². The molecule has 80 valence electrons. The van der Waals surface area contributed by atoms with Crippen molar-refractivity contribution < 1.29 is 12.8 Å². The van der Waals surface area contributed by atoms with Gasteiger partial charge in [-0.15, -0.1) is 0 Å². The molecule has 0 saturated carbocycles. The van der Waals surface area contributed by atoms with Crippen LogP contribution in [0.5, 0.6) is 0 Å². The maximum absolute atomic E-state index is 12.6. The second kappa shape index (κ2) is 5.26. The molecule has 0 rings (SSSR count). The largest absolute Gasteiger partial charge is 0.235 e. The average molecular weight is 276 g/mol. The zero-order chi connectivity index (χ0) is 10.6. The summed E-state index contributed by atoms with van der Waals surface area (Å²) < 4.78 is 34.1. The molecule has 0 aliphatic heterocycles.